The fourth-order valence-corrected chi connectivity index (χ4v) is 3.41. The van der Waals surface area contributed by atoms with Crippen molar-refractivity contribution < 1.29 is 4.79 Å². The van der Waals surface area contributed by atoms with E-state index in [4.69, 9.17) is 11.5 Å². The molecule has 1 saturated heterocycles. The Kier molecular flexibility index (Phi) is 4.83. The zero-order chi connectivity index (χ0) is 18.0. The van der Waals surface area contributed by atoms with Gasteiger partial charge in [-0.05, 0) is 48.9 Å². The van der Waals surface area contributed by atoms with Gasteiger partial charge in [-0.2, -0.15) is 5.10 Å². The third-order valence-electron chi connectivity index (χ3n) is 5.02. The molecule has 2 aromatic rings. The van der Waals surface area contributed by atoms with Gasteiger partial charge in [0.05, 0.1) is 0 Å². The number of anilines is 4. The van der Waals surface area contributed by atoms with E-state index in [1.54, 1.807) is 0 Å². The van der Waals surface area contributed by atoms with Crippen LogP contribution in [-0.2, 0) is 0 Å². The number of nitrogen functional groups attached to an aromatic ring is 1. The van der Waals surface area contributed by atoms with Gasteiger partial charge in [-0.25, -0.2) is 0 Å². The first-order valence-corrected chi connectivity index (χ1v) is 8.71. The third kappa shape index (κ3) is 3.70. The molecule has 1 aliphatic rings. The Bertz CT molecular complexity index is 729. The maximum absolute atomic E-state index is 11.5. The van der Waals surface area contributed by atoms with E-state index in [2.05, 4.69) is 46.4 Å². The van der Waals surface area contributed by atoms with Gasteiger partial charge < -0.3 is 21.7 Å². The number of nitrogens with zero attached hydrogens (tertiary/aromatic N) is 2. The number of carbonyl (C=O) groups is 1. The number of H-pyrrole nitrogens is 1. The van der Waals surface area contributed by atoms with E-state index in [0.29, 0.717) is 5.82 Å². The number of aromatic nitrogens is 2. The predicted octanol–water partition coefficient (Wildman–Crippen LogP) is 2.71. The molecule has 7 heteroatoms. The number of nitrogens with one attached hydrogen (secondary N) is 2. The molecule has 1 aromatic heterocycles. The number of aromatic amines is 1. The normalized spacial score (nSPS) is 15.6. The lowest BCUT2D eigenvalue weighted by atomic mass is 9.86. The monoisotopic (exact) mass is 342 g/mol. The highest BCUT2D eigenvalue weighted by Gasteiger charge is 2.22. The van der Waals surface area contributed by atoms with Crippen LogP contribution in [0.2, 0.25) is 0 Å². The minimum Gasteiger partial charge on any atom is -0.383 e. The number of hydrogen-bond acceptors (Lipinski definition) is 5. The Morgan fingerprint density at radius 3 is 2.48 bits per heavy atom. The van der Waals surface area contributed by atoms with Crippen LogP contribution < -0.4 is 21.7 Å². The smallest absolute Gasteiger partial charge is 0.256 e. The first kappa shape index (κ1) is 17.1. The number of piperidine rings is 1. The summed E-state index contributed by atoms with van der Waals surface area (Å²) in [6.07, 6.45) is 2.48. The standard InChI is InChI=1S/C18H26N6O/c1-11(2)12-7-9-24(10-8-12)14-5-3-13(4-6-14)21-18-15(17(20)25)16(19)22-23-18/h3-6,11-12H,7-10H2,1-2H3,(H2,20,25)(H4,19,21,22,23). The average molecular weight is 342 g/mol. The Morgan fingerprint density at radius 1 is 1.28 bits per heavy atom. The van der Waals surface area contributed by atoms with Crippen LogP contribution >= 0.6 is 0 Å². The van der Waals surface area contributed by atoms with Crippen molar-refractivity contribution in [1.29, 1.82) is 0 Å². The van der Waals surface area contributed by atoms with Gasteiger partial charge in [0.15, 0.2) is 5.82 Å². The molecule has 1 fully saturated rings. The molecule has 1 aromatic carbocycles. The van der Waals surface area contributed by atoms with E-state index in [0.717, 1.165) is 30.6 Å². The second-order valence-corrected chi connectivity index (χ2v) is 6.97. The molecule has 6 N–H and O–H groups in total. The van der Waals surface area contributed by atoms with Crippen molar-refractivity contribution in [2.24, 2.45) is 17.6 Å². The summed E-state index contributed by atoms with van der Waals surface area (Å²) >= 11 is 0. The number of nitrogens with two attached hydrogens (primary N) is 2. The second kappa shape index (κ2) is 7.04. The summed E-state index contributed by atoms with van der Waals surface area (Å²) in [7, 11) is 0. The lowest BCUT2D eigenvalue weighted by Crippen LogP contribution is -2.35. The molecule has 0 atom stereocenters. The molecule has 7 nitrogen and oxygen atoms in total. The number of amides is 1. The Balaban J connectivity index is 1.66. The van der Waals surface area contributed by atoms with Crippen molar-refractivity contribution in [1.82, 2.24) is 10.2 Å². The summed E-state index contributed by atoms with van der Waals surface area (Å²) in [5.74, 6) is 1.48. The number of hydrogen-bond donors (Lipinski definition) is 4. The van der Waals surface area contributed by atoms with Crippen molar-refractivity contribution in [3.8, 4) is 0 Å². The van der Waals surface area contributed by atoms with Gasteiger partial charge >= 0.3 is 0 Å². The number of benzene rings is 1. The van der Waals surface area contributed by atoms with Gasteiger partial charge in [0.1, 0.15) is 11.4 Å². The Morgan fingerprint density at radius 2 is 1.92 bits per heavy atom. The van der Waals surface area contributed by atoms with E-state index in [9.17, 15) is 4.79 Å². The molecule has 0 saturated carbocycles. The molecule has 0 bridgehead atoms. The zero-order valence-corrected chi connectivity index (χ0v) is 14.7. The minimum atomic E-state index is -0.613. The lowest BCUT2D eigenvalue weighted by Gasteiger charge is -2.35. The second-order valence-electron chi connectivity index (χ2n) is 6.97. The van der Waals surface area contributed by atoms with Gasteiger partial charge in [0.2, 0.25) is 0 Å². The molecule has 2 heterocycles. The SMILES string of the molecule is CC(C)C1CCN(c2ccc(Nc3n[nH]c(N)c3C(N)=O)cc2)CC1. The topological polar surface area (TPSA) is 113 Å². The third-order valence-corrected chi connectivity index (χ3v) is 5.02. The Labute approximate surface area is 147 Å². The summed E-state index contributed by atoms with van der Waals surface area (Å²) in [4.78, 5) is 13.9. The van der Waals surface area contributed by atoms with Crippen molar-refractivity contribution in [3.63, 3.8) is 0 Å². The molecule has 0 spiro atoms. The van der Waals surface area contributed by atoms with Crippen molar-refractivity contribution in [2.45, 2.75) is 26.7 Å². The average Bonchev–Trinajstić information content (AvgIpc) is 2.96. The molecule has 134 valence electrons. The van der Waals surface area contributed by atoms with Crippen LogP contribution in [0.5, 0.6) is 0 Å². The van der Waals surface area contributed by atoms with Crippen LogP contribution in [0.1, 0.15) is 37.0 Å². The fraction of sp³-hybridized carbons (Fsp3) is 0.444. The van der Waals surface area contributed by atoms with E-state index in [1.807, 2.05) is 12.1 Å². The van der Waals surface area contributed by atoms with Crippen LogP contribution in [0.25, 0.3) is 0 Å². The van der Waals surface area contributed by atoms with Crippen LogP contribution in [0.4, 0.5) is 23.0 Å². The zero-order valence-electron chi connectivity index (χ0n) is 14.7. The maximum Gasteiger partial charge on any atom is 0.256 e. The Hall–Kier alpha value is -2.70. The molecular weight excluding hydrogens is 316 g/mol. The molecule has 3 rings (SSSR count). The van der Waals surface area contributed by atoms with Crippen LogP contribution in [0.15, 0.2) is 24.3 Å². The number of rotatable bonds is 5. The first-order chi connectivity index (χ1) is 12.0. The first-order valence-electron chi connectivity index (χ1n) is 8.71. The van der Waals surface area contributed by atoms with Crippen LogP contribution in [-0.4, -0.2) is 29.2 Å². The summed E-state index contributed by atoms with van der Waals surface area (Å²) in [6.45, 7) is 6.81. The van der Waals surface area contributed by atoms with Gasteiger partial charge in [-0.3, -0.25) is 9.89 Å². The highest BCUT2D eigenvalue weighted by molar-refractivity contribution is 6.02. The van der Waals surface area contributed by atoms with Crippen molar-refractivity contribution >= 4 is 28.9 Å². The van der Waals surface area contributed by atoms with E-state index < -0.39 is 5.91 Å². The van der Waals surface area contributed by atoms with E-state index in [-0.39, 0.29) is 11.4 Å². The summed E-state index contributed by atoms with van der Waals surface area (Å²) < 4.78 is 0. The molecule has 25 heavy (non-hydrogen) atoms. The minimum absolute atomic E-state index is 0.166. The largest absolute Gasteiger partial charge is 0.383 e. The van der Waals surface area contributed by atoms with Gasteiger partial charge in [0, 0.05) is 24.5 Å². The molecule has 1 aliphatic heterocycles. The van der Waals surface area contributed by atoms with E-state index in [1.165, 1.54) is 18.5 Å². The summed E-state index contributed by atoms with van der Waals surface area (Å²) in [5, 5.41) is 9.65. The molecule has 0 unspecified atom stereocenters. The maximum atomic E-state index is 11.5. The highest BCUT2D eigenvalue weighted by Crippen LogP contribution is 2.29. The lowest BCUT2D eigenvalue weighted by molar-refractivity contribution is 0.100. The van der Waals surface area contributed by atoms with Crippen molar-refractivity contribution in [2.75, 3.05) is 29.0 Å². The fourth-order valence-electron chi connectivity index (χ4n) is 3.41. The van der Waals surface area contributed by atoms with Gasteiger partial charge in [-0.15, -0.1) is 0 Å². The summed E-state index contributed by atoms with van der Waals surface area (Å²) in [6, 6.07) is 8.11. The highest BCUT2D eigenvalue weighted by atomic mass is 16.1. The van der Waals surface area contributed by atoms with Crippen molar-refractivity contribution in [3.05, 3.63) is 29.8 Å². The number of carbonyl (C=O) groups excluding carboxylic acids is 1. The molecular formula is C18H26N6O. The summed E-state index contributed by atoms with van der Waals surface area (Å²) in [5.41, 5.74) is 13.2. The molecule has 0 aliphatic carbocycles. The predicted molar refractivity (Wildman–Crippen MR) is 101 cm³/mol. The quantitative estimate of drug-likeness (QED) is 0.667. The van der Waals surface area contributed by atoms with Crippen LogP contribution in [0, 0.1) is 11.8 Å². The van der Waals surface area contributed by atoms with Gasteiger partial charge in [-0.1, -0.05) is 13.8 Å². The number of primary amides is 1. The van der Waals surface area contributed by atoms with Gasteiger partial charge in [0.25, 0.3) is 5.91 Å². The van der Waals surface area contributed by atoms with E-state index >= 15 is 0 Å². The molecule has 1 amide bonds. The molecule has 0 radical (unpaired) electrons. The van der Waals surface area contributed by atoms with Crippen LogP contribution in [0.3, 0.4) is 0 Å².